The van der Waals surface area contributed by atoms with Crippen LogP contribution in [0.25, 0.3) is 0 Å². The van der Waals surface area contributed by atoms with E-state index in [4.69, 9.17) is 0 Å². The summed E-state index contributed by atoms with van der Waals surface area (Å²) >= 11 is 0. The second-order valence-electron chi connectivity index (χ2n) is 5.45. The van der Waals surface area contributed by atoms with Gasteiger partial charge in [0.1, 0.15) is 5.82 Å². The summed E-state index contributed by atoms with van der Waals surface area (Å²) in [5, 5.41) is 3.37. The van der Waals surface area contributed by atoms with Gasteiger partial charge in [-0.1, -0.05) is 20.8 Å². The largest absolute Gasteiger partial charge is 0.353 e. The molecule has 2 heterocycles. The van der Waals surface area contributed by atoms with Crippen LogP contribution >= 0.6 is 0 Å². The molecule has 0 saturated carbocycles. The number of hydrogen-bond donors (Lipinski definition) is 1. The minimum absolute atomic E-state index is 0.659. The van der Waals surface area contributed by atoms with E-state index < -0.39 is 0 Å². The lowest BCUT2D eigenvalue weighted by molar-refractivity contribution is 0.489. The molecule has 1 saturated heterocycles. The maximum absolute atomic E-state index is 4.56. The van der Waals surface area contributed by atoms with Crippen molar-refractivity contribution < 1.29 is 0 Å². The SMILES string of the molecule is CCNCc1ccnc(N2CCCC2C(C)C)c1. The van der Waals surface area contributed by atoms with Gasteiger partial charge in [-0.15, -0.1) is 0 Å². The molecule has 1 fully saturated rings. The van der Waals surface area contributed by atoms with Gasteiger partial charge >= 0.3 is 0 Å². The summed E-state index contributed by atoms with van der Waals surface area (Å²) < 4.78 is 0. The van der Waals surface area contributed by atoms with Crippen LogP contribution in [-0.4, -0.2) is 24.1 Å². The Morgan fingerprint density at radius 2 is 2.33 bits per heavy atom. The molecule has 1 aliphatic rings. The third-order valence-corrected chi connectivity index (χ3v) is 3.75. The lowest BCUT2D eigenvalue weighted by Crippen LogP contribution is -2.34. The molecular formula is C15H25N3. The summed E-state index contributed by atoms with van der Waals surface area (Å²) in [5.41, 5.74) is 1.33. The number of anilines is 1. The molecule has 0 radical (unpaired) electrons. The molecule has 1 aliphatic heterocycles. The topological polar surface area (TPSA) is 28.2 Å². The van der Waals surface area contributed by atoms with Crippen LogP contribution in [0.4, 0.5) is 5.82 Å². The Morgan fingerprint density at radius 1 is 1.50 bits per heavy atom. The molecule has 3 heteroatoms. The van der Waals surface area contributed by atoms with Gasteiger partial charge in [0.05, 0.1) is 0 Å². The molecule has 2 rings (SSSR count). The van der Waals surface area contributed by atoms with E-state index in [1.165, 1.54) is 18.4 Å². The first kappa shape index (κ1) is 13.3. The first-order chi connectivity index (χ1) is 8.72. The highest BCUT2D eigenvalue weighted by Crippen LogP contribution is 2.28. The van der Waals surface area contributed by atoms with Crippen molar-refractivity contribution in [2.24, 2.45) is 5.92 Å². The Morgan fingerprint density at radius 3 is 3.06 bits per heavy atom. The maximum atomic E-state index is 4.56. The van der Waals surface area contributed by atoms with Crippen molar-refractivity contribution in [1.29, 1.82) is 0 Å². The first-order valence-electron chi connectivity index (χ1n) is 7.14. The number of aromatic nitrogens is 1. The zero-order valence-electron chi connectivity index (χ0n) is 11.8. The van der Waals surface area contributed by atoms with Crippen LogP contribution in [-0.2, 0) is 6.54 Å². The highest BCUT2D eigenvalue weighted by atomic mass is 15.2. The van der Waals surface area contributed by atoms with Gasteiger partial charge in [0.25, 0.3) is 0 Å². The first-order valence-corrected chi connectivity index (χ1v) is 7.14. The van der Waals surface area contributed by atoms with Crippen molar-refractivity contribution in [1.82, 2.24) is 10.3 Å². The van der Waals surface area contributed by atoms with Gasteiger partial charge < -0.3 is 10.2 Å². The van der Waals surface area contributed by atoms with Gasteiger partial charge in [-0.2, -0.15) is 0 Å². The van der Waals surface area contributed by atoms with Crippen LogP contribution in [0.2, 0.25) is 0 Å². The molecule has 1 N–H and O–H groups in total. The summed E-state index contributed by atoms with van der Waals surface area (Å²) in [7, 11) is 0. The summed E-state index contributed by atoms with van der Waals surface area (Å²) in [6, 6.07) is 5.00. The van der Waals surface area contributed by atoms with E-state index >= 15 is 0 Å². The van der Waals surface area contributed by atoms with Gasteiger partial charge in [-0.05, 0) is 43.0 Å². The van der Waals surface area contributed by atoms with Crippen LogP contribution < -0.4 is 10.2 Å². The molecule has 1 unspecified atom stereocenters. The Labute approximate surface area is 111 Å². The van der Waals surface area contributed by atoms with Crippen molar-refractivity contribution in [3.05, 3.63) is 23.9 Å². The van der Waals surface area contributed by atoms with Crippen LogP contribution in [0.3, 0.4) is 0 Å². The summed E-state index contributed by atoms with van der Waals surface area (Å²) in [4.78, 5) is 7.05. The monoisotopic (exact) mass is 247 g/mol. The van der Waals surface area contributed by atoms with Crippen LogP contribution in [0.15, 0.2) is 18.3 Å². The van der Waals surface area contributed by atoms with E-state index in [0.717, 1.165) is 25.5 Å². The van der Waals surface area contributed by atoms with Crippen LogP contribution in [0.1, 0.15) is 39.2 Å². The van der Waals surface area contributed by atoms with Crippen molar-refractivity contribution in [2.75, 3.05) is 18.0 Å². The zero-order chi connectivity index (χ0) is 13.0. The van der Waals surface area contributed by atoms with Crippen molar-refractivity contribution in [2.45, 2.75) is 46.2 Å². The molecule has 18 heavy (non-hydrogen) atoms. The highest BCUT2D eigenvalue weighted by molar-refractivity contribution is 5.43. The summed E-state index contributed by atoms with van der Waals surface area (Å²) in [5.74, 6) is 1.85. The number of nitrogens with zero attached hydrogens (tertiary/aromatic N) is 2. The minimum Gasteiger partial charge on any atom is -0.353 e. The average Bonchev–Trinajstić information content (AvgIpc) is 2.86. The predicted molar refractivity (Wildman–Crippen MR) is 76.8 cm³/mol. The molecule has 1 aromatic rings. The Kier molecular flexibility index (Phi) is 4.59. The van der Waals surface area contributed by atoms with Crippen LogP contribution in [0.5, 0.6) is 0 Å². The number of nitrogens with one attached hydrogen (secondary N) is 1. The lowest BCUT2D eigenvalue weighted by atomic mass is 10.0. The van der Waals surface area contributed by atoms with Crippen LogP contribution in [0, 0.1) is 5.92 Å². The van der Waals surface area contributed by atoms with E-state index in [9.17, 15) is 0 Å². The van der Waals surface area contributed by atoms with E-state index in [2.05, 4.69) is 48.1 Å². The predicted octanol–water partition coefficient (Wildman–Crippen LogP) is 2.82. The van der Waals surface area contributed by atoms with Crippen molar-refractivity contribution >= 4 is 5.82 Å². The molecule has 0 aliphatic carbocycles. The molecule has 0 amide bonds. The average molecular weight is 247 g/mol. The molecule has 100 valence electrons. The molecule has 1 atom stereocenters. The number of pyridine rings is 1. The highest BCUT2D eigenvalue weighted by Gasteiger charge is 2.27. The fourth-order valence-corrected chi connectivity index (χ4v) is 2.77. The minimum atomic E-state index is 0.659. The zero-order valence-corrected chi connectivity index (χ0v) is 11.8. The molecule has 3 nitrogen and oxygen atoms in total. The standard InChI is InChI=1S/C15H25N3/c1-4-16-11-13-7-8-17-15(10-13)18-9-5-6-14(18)12(2)3/h7-8,10,12,14,16H,4-6,9,11H2,1-3H3. The molecule has 0 aromatic carbocycles. The van der Waals surface area contributed by atoms with Crippen molar-refractivity contribution in [3.63, 3.8) is 0 Å². The van der Waals surface area contributed by atoms with Gasteiger partial charge in [0, 0.05) is 25.3 Å². The Balaban J connectivity index is 2.12. The number of hydrogen-bond acceptors (Lipinski definition) is 3. The van der Waals surface area contributed by atoms with Gasteiger partial charge in [0.15, 0.2) is 0 Å². The van der Waals surface area contributed by atoms with Crippen molar-refractivity contribution in [3.8, 4) is 0 Å². The quantitative estimate of drug-likeness (QED) is 0.867. The third-order valence-electron chi connectivity index (χ3n) is 3.75. The number of rotatable bonds is 5. The van der Waals surface area contributed by atoms with Gasteiger partial charge in [0.2, 0.25) is 0 Å². The van der Waals surface area contributed by atoms with E-state index in [1.807, 2.05) is 6.20 Å². The van der Waals surface area contributed by atoms with E-state index in [0.29, 0.717) is 12.0 Å². The normalized spacial score (nSPS) is 19.8. The second kappa shape index (κ2) is 6.19. The van der Waals surface area contributed by atoms with Gasteiger partial charge in [-0.25, -0.2) is 4.98 Å². The fourth-order valence-electron chi connectivity index (χ4n) is 2.77. The maximum Gasteiger partial charge on any atom is 0.129 e. The van der Waals surface area contributed by atoms with E-state index in [-0.39, 0.29) is 0 Å². The molecule has 0 bridgehead atoms. The fraction of sp³-hybridized carbons (Fsp3) is 0.667. The summed E-state index contributed by atoms with van der Waals surface area (Å²) in [6.45, 7) is 9.86. The third kappa shape index (κ3) is 3.02. The molecular weight excluding hydrogens is 222 g/mol. The smallest absolute Gasteiger partial charge is 0.129 e. The lowest BCUT2D eigenvalue weighted by Gasteiger charge is -2.29. The molecule has 0 spiro atoms. The Hall–Kier alpha value is -1.09. The second-order valence-corrected chi connectivity index (χ2v) is 5.45. The Bertz CT molecular complexity index is 376. The van der Waals surface area contributed by atoms with Gasteiger partial charge in [-0.3, -0.25) is 0 Å². The van der Waals surface area contributed by atoms with E-state index in [1.54, 1.807) is 0 Å². The summed E-state index contributed by atoms with van der Waals surface area (Å²) in [6.07, 6.45) is 4.54. The molecule has 1 aromatic heterocycles.